The fourth-order valence-electron chi connectivity index (χ4n) is 5.77. The number of piperidine rings is 1. The number of hydrogen-bond acceptors (Lipinski definition) is 6. The largest absolute Gasteiger partial charge is 0.344 e. The number of carbonyl (C=O) groups excluding carboxylic acids is 2. The van der Waals surface area contributed by atoms with Crippen molar-refractivity contribution in [3.8, 4) is 17.5 Å². The van der Waals surface area contributed by atoms with Crippen LogP contribution in [0.3, 0.4) is 0 Å². The third-order valence-electron chi connectivity index (χ3n) is 8.43. The number of likely N-dealkylation sites (tertiary alicyclic amines) is 1. The number of fused-ring (bicyclic) bond motifs is 2. The molecule has 39 heavy (non-hydrogen) atoms. The first kappa shape index (κ1) is 23.8. The Morgan fingerprint density at radius 3 is 2.67 bits per heavy atom. The number of benzene rings is 1. The summed E-state index contributed by atoms with van der Waals surface area (Å²) < 4.78 is 1.87. The summed E-state index contributed by atoms with van der Waals surface area (Å²) in [6, 6.07) is 8.22. The minimum Gasteiger partial charge on any atom is -0.344 e. The lowest BCUT2D eigenvalue weighted by Gasteiger charge is -2.32. The molecule has 2 saturated carbocycles. The van der Waals surface area contributed by atoms with E-state index >= 15 is 0 Å². The molecule has 1 unspecified atom stereocenters. The quantitative estimate of drug-likeness (QED) is 0.397. The Bertz CT molecular complexity index is 1650. The van der Waals surface area contributed by atoms with Crippen molar-refractivity contribution in [2.75, 3.05) is 13.1 Å². The molecule has 2 N–H and O–H groups in total. The summed E-state index contributed by atoms with van der Waals surface area (Å²) in [6.07, 6.45) is 8.95. The van der Waals surface area contributed by atoms with Crippen molar-refractivity contribution in [2.24, 2.45) is 18.9 Å². The zero-order valence-electron chi connectivity index (χ0n) is 21.9. The van der Waals surface area contributed by atoms with Crippen LogP contribution in [0.5, 0.6) is 0 Å². The van der Waals surface area contributed by atoms with Crippen molar-refractivity contribution < 1.29 is 9.59 Å². The highest BCUT2D eigenvalue weighted by atomic mass is 16.2. The van der Waals surface area contributed by atoms with Gasteiger partial charge in [0.2, 0.25) is 5.91 Å². The Hall–Kier alpha value is -4.26. The number of aryl methyl sites for hydroxylation is 1. The predicted octanol–water partition coefficient (Wildman–Crippen LogP) is 3.66. The van der Waals surface area contributed by atoms with Gasteiger partial charge in [-0.2, -0.15) is 10.4 Å². The van der Waals surface area contributed by atoms with Crippen LogP contribution in [0.25, 0.3) is 33.5 Å². The molecule has 2 amide bonds. The second kappa shape index (κ2) is 9.19. The number of nitrogens with zero attached hydrogens (tertiary/aromatic N) is 6. The first-order valence-corrected chi connectivity index (χ1v) is 13.8. The van der Waals surface area contributed by atoms with E-state index in [2.05, 4.69) is 39.6 Å². The van der Waals surface area contributed by atoms with E-state index in [9.17, 15) is 14.9 Å². The summed E-state index contributed by atoms with van der Waals surface area (Å²) in [6.45, 7) is 1.11. The number of carbonyl (C=O) groups is 2. The van der Waals surface area contributed by atoms with Crippen LogP contribution in [0.4, 0.5) is 0 Å². The summed E-state index contributed by atoms with van der Waals surface area (Å²) >= 11 is 0. The first-order valence-electron chi connectivity index (χ1n) is 13.8. The van der Waals surface area contributed by atoms with E-state index in [1.54, 1.807) is 17.3 Å². The third-order valence-corrected chi connectivity index (χ3v) is 8.43. The monoisotopic (exact) mass is 522 g/mol. The molecule has 7 rings (SSSR count). The fourth-order valence-corrected chi connectivity index (χ4v) is 5.77. The minimum absolute atomic E-state index is 0.00141. The van der Waals surface area contributed by atoms with Gasteiger partial charge in [0.15, 0.2) is 5.65 Å². The van der Waals surface area contributed by atoms with Crippen LogP contribution >= 0.6 is 0 Å². The molecule has 4 heterocycles. The first-order chi connectivity index (χ1) is 19.0. The maximum atomic E-state index is 13.5. The zero-order valence-corrected chi connectivity index (χ0v) is 21.9. The lowest BCUT2D eigenvalue weighted by atomic mass is 9.97. The van der Waals surface area contributed by atoms with Crippen LogP contribution < -0.4 is 5.32 Å². The third kappa shape index (κ3) is 4.32. The topological polar surface area (TPSA) is 133 Å². The lowest BCUT2D eigenvalue weighted by molar-refractivity contribution is -0.135. The van der Waals surface area contributed by atoms with Crippen molar-refractivity contribution in [3.05, 3.63) is 41.7 Å². The molecule has 4 aromatic rings. The Labute approximate surface area is 225 Å². The molecule has 1 saturated heterocycles. The smallest absolute Gasteiger partial charge is 0.255 e. The van der Waals surface area contributed by atoms with E-state index in [-0.39, 0.29) is 23.7 Å². The van der Waals surface area contributed by atoms with E-state index in [1.165, 1.54) is 18.4 Å². The van der Waals surface area contributed by atoms with Gasteiger partial charge in [-0.3, -0.25) is 14.3 Å². The van der Waals surface area contributed by atoms with Crippen LogP contribution in [0.15, 0.2) is 30.6 Å². The van der Waals surface area contributed by atoms with Gasteiger partial charge in [-0.1, -0.05) is 12.1 Å². The van der Waals surface area contributed by atoms with Crippen molar-refractivity contribution in [3.63, 3.8) is 0 Å². The Morgan fingerprint density at radius 2 is 1.95 bits per heavy atom. The number of aromatic nitrogens is 5. The Kier molecular flexibility index (Phi) is 5.61. The minimum atomic E-state index is -0.572. The highest BCUT2D eigenvalue weighted by Gasteiger charge is 2.40. The summed E-state index contributed by atoms with van der Waals surface area (Å²) in [5, 5.41) is 17.9. The van der Waals surface area contributed by atoms with Crippen LogP contribution in [0, 0.1) is 23.2 Å². The van der Waals surface area contributed by atoms with E-state index in [0.29, 0.717) is 54.3 Å². The lowest BCUT2D eigenvalue weighted by Crippen LogP contribution is -2.51. The summed E-state index contributed by atoms with van der Waals surface area (Å²) in [5.41, 5.74) is 5.03. The second-order valence-corrected chi connectivity index (χ2v) is 11.2. The normalized spacial score (nSPS) is 18.8. The SMILES string of the molecule is Cn1nc(-c2cnc3[nH]cc(C(=O)NC(C(=O)N4CCC(C#N)CC4)C4CC4)c3n2)c2ccc(C3CC3)cc21. The number of H-pyrrole nitrogens is 1. The number of nitrogens with one attached hydrogen (secondary N) is 2. The van der Waals surface area contributed by atoms with E-state index in [1.807, 2.05) is 11.7 Å². The number of aromatic amines is 1. The van der Waals surface area contributed by atoms with Gasteiger partial charge in [-0.15, -0.1) is 0 Å². The van der Waals surface area contributed by atoms with Crippen LogP contribution in [0.1, 0.15) is 60.4 Å². The van der Waals surface area contributed by atoms with Gasteiger partial charge in [0.05, 0.1) is 23.3 Å². The average Bonchev–Trinajstić information content (AvgIpc) is 3.90. The Morgan fingerprint density at radius 1 is 1.15 bits per heavy atom. The molecular formula is C29H30N8O2. The van der Waals surface area contributed by atoms with Gasteiger partial charge < -0.3 is 15.2 Å². The molecule has 3 aliphatic rings. The van der Waals surface area contributed by atoms with Gasteiger partial charge in [-0.05, 0) is 62.0 Å². The number of nitriles is 1. The summed E-state index contributed by atoms with van der Waals surface area (Å²) in [7, 11) is 1.93. The van der Waals surface area contributed by atoms with Gasteiger partial charge in [0, 0.05) is 37.6 Å². The molecule has 1 atom stereocenters. The van der Waals surface area contributed by atoms with Gasteiger partial charge in [0.1, 0.15) is 22.9 Å². The molecule has 3 fully saturated rings. The van der Waals surface area contributed by atoms with E-state index in [4.69, 9.17) is 10.1 Å². The van der Waals surface area contributed by atoms with Gasteiger partial charge >= 0.3 is 0 Å². The van der Waals surface area contributed by atoms with Crippen LogP contribution in [-0.4, -0.2) is 60.6 Å². The van der Waals surface area contributed by atoms with E-state index < -0.39 is 6.04 Å². The molecule has 198 valence electrons. The standard InChI is InChI=1S/C29H30N8O2/c1-36-23-12-19(17-2-3-17)6-7-20(23)25(35-36)22-15-32-27-26(33-22)21(14-31-27)28(38)34-24(18-4-5-18)29(39)37-10-8-16(13-30)9-11-37/h6-7,12,14-18,24H,2-5,8-11H2,1H3,(H,31,32)(H,34,38). The van der Waals surface area contributed by atoms with Gasteiger partial charge in [-0.25, -0.2) is 9.97 Å². The molecule has 3 aromatic heterocycles. The molecule has 0 spiro atoms. The Balaban J connectivity index is 1.16. The molecule has 10 heteroatoms. The molecule has 10 nitrogen and oxygen atoms in total. The highest BCUT2D eigenvalue weighted by molar-refractivity contribution is 6.06. The van der Waals surface area contributed by atoms with Crippen molar-refractivity contribution >= 4 is 33.9 Å². The highest BCUT2D eigenvalue weighted by Crippen LogP contribution is 2.41. The molecule has 0 radical (unpaired) electrons. The maximum absolute atomic E-state index is 13.5. The van der Waals surface area contributed by atoms with Crippen molar-refractivity contribution in [2.45, 2.75) is 50.5 Å². The number of hydrogen-bond donors (Lipinski definition) is 2. The maximum Gasteiger partial charge on any atom is 0.255 e. The second-order valence-electron chi connectivity index (χ2n) is 11.2. The molecule has 2 aliphatic carbocycles. The average molecular weight is 523 g/mol. The molecule has 1 aliphatic heterocycles. The molecular weight excluding hydrogens is 492 g/mol. The zero-order chi connectivity index (χ0) is 26.7. The summed E-state index contributed by atoms with van der Waals surface area (Å²) in [5.74, 6) is 0.394. The van der Waals surface area contributed by atoms with Crippen LogP contribution in [-0.2, 0) is 11.8 Å². The number of amides is 2. The van der Waals surface area contributed by atoms with Crippen LogP contribution in [0.2, 0.25) is 0 Å². The molecule has 1 aromatic carbocycles. The molecule has 0 bridgehead atoms. The fraction of sp³-hybridized carbons (Fsp3) is 0.448. The van der Waals surface area contributed by atoms with Gasteiger partial charge in [0.25, 0.3) is 5.91 Å². The van der Waals surface area contributed by atoms with E-state index in [0.717, 1.165) is 29.4 Å². The predicted molar refractivity (Wildman–Crippen MR) is 144 cm³/mol. The summed E-state index contributed by atoms with van der Waals surface area (Å²) in [4.78, 5) is 41.1. The van der Waals surface area contributed by atoms with Crippen molar-refractivity contribution in [1.29, 1.82) is 5.26 Å². The number of rotatable bonds is 6. The van der Waals surface area contributed by atoms with Crippen molar-refractivity contribution in [1.82, 2.24) is 34.9 Å².